The van der Waals surface area contributed by atoms with Crippen molar-refractivity contribution in [2.24, 2.45) is 7.05 Å². The number of rotatable bonds is 4. The molecule has 0 amide bonds. The number of hydrogen-bond acceptors (Lipinski definition) is 10. The van der Waals surface area contributed by atoms with E-state index in [0.717, 1.165) is 21.8 Å². The zero-order chi connectivity index (χ0) is 26.6. The van der Waals surface area contributed by atoms with Gasteiger partial charge >= 0.3 is 0 Å². The molecule has 0 radical (unpaired) electrons. The van der Waals surface area contributed by atoms with Gasteiger partial charge in [0.1, 0.15) is 43.7 Å². The van der Waals surface area contributed by atoms with E-state index in [1.54, 1.807) is 13.8 Å². The van der Waals surface area contributed by atoms with Crippen LogP contribution < -0.4 is 27.6 Å². The first-order chi connectivity index (χ1) is 17.5. The molecule has 12 heteroatoms. The highest BCUT2D eigenvalue weighted by atomic mass is 35.5. The summed E-state index contributed by atoms with van der Waals surface area (Å²) in [5, 5.41) is 69.0. The van der Waals surface area contributed by atoms with Crippen molar-refractivity contribution < 1.29 is 57.1 Å². The summed E-state index contributed by atoms with van der Waals surface area (Å²) in [7, 11) is 1.92. The van der Waals surface area contributed by atoms with Crippen LogP contribution in [0.1, 0.15) is 13.8 Å². The molecule has 0 unspecified atom stereocenters. The lowest BCUT2D eigenvalue weighted by atomic mass is 9.99. The van der Waals surface area contributed by atoms with Crippen molar-refractivity contribution in [3.8, 4) is 0 Å². The van der Waals surface area contributed by atoms with Gasteiger partial charge in [-0.15, -0.1) is 0 Å². The Morgan fingerprint density at radius 2 is 1.00 bits per heavy atom. The van der Waals surface area contributed by atoms with Crippen LogP contribution in [0.25, 0.3) is 21.8 Å². The Balaban J connectivity index is 0.00000336. The van der Waals surface area contributed by atoms with Gasteiger partial charge < -0.3 is 63.2 Å². The number of aliphatic hydroxyl groups is 6. The monoisotopic (exact) mass is 551 g/mol. The number of aryl methyl sites for hydroxylation is 1. The molecule has 2 aliphatic rings. The Labute approximate surface area is 225 Å². The molecule has 2 aromatic carbocycles. The minimum atomic E-state index is -1.33. The maximum atomic E-state index is 10.4. The quantitative estimate of drug-likeness (QED) is 0.119. The minimum absolute atomic E-state index is 0. The normalized spacial score (nSPS) is 35.6. The Hall–Kier alpha value is -2.32. The fourth-order valence-corrected chi connectivity index (χ4v) is 5.06. The first-order valence-electron chi connectivity index (χ1n) is 12.3. The molecule has 0 aliphatic carbocycles. The molecular formula is C26H34ClN3O8. The topological polar surface area (TPSA) is 168 Å². The second-order valence-electron chi connectivity index (χ2n) is 10.0. The molecule has 1 aromatic heterocycles. The van der Waals surface area contributed by atoms with E-state index in [9.17, 15) is 30.6 Å². The number of hydrogen-bond donors (Lipinski definition) is 8. The summed E-state index contributed by atoms with van der Waals surface area (Å²) in [4.78, 5) is 0. The fraction of sp³-hybridized carbons (Fsp3) is 0.500. The molecular weight excluding hydrogens is 518 g/mol. The van der Waals surface area contributed by atoms with E-state index in [2.05, 4.69) is 10.6 Å². The maximum absolute atomic E-state index is 10.4. The largest absolute Gasteiger partial charge is 1.00 e. The number of benzene rings is 2. The van der Waals surface area contributed by atoms with Crippen LogP contribution >= 0.6 is 0 Å². The fourth-order valence-electron chi connectivity index (χ4n) is 5.06. The van der Waals surface area contributed by atoms with Gasteiger partial charge in [0.15, 0.2) is 12.5 Å². The molecule has 0 saturated carbocycles. The number of nitrogens with zero attached hydrogens (tertiary/aromatic N) is 1. The Bertz CT molecular complexity index is 1200. The van der Waals surface area contributed by atoms with Crippen LogP contribution in [0, 0.1) is 0 Å². The van der Waals surface area contributed by atoms with E-state index < -0.39 is 61.3 Å². The summed E-state index contributed by atoms with van der Waals surface area (Å²) < 4.78 is 13.3. The maximum Gasteiger partial charge on any atom is 0.214 e. The molecule has 2 aliphatic heterocycles. The molecule has 38 heavy (non-hydrogen) atoms. The van der Waals surface area contributed by atoms with E-state index >= 15 is 0 Å². The molecule has 10 atom stereocenters. The van der Waals surface area contributed by atoms with E-state index in [1.165, 1.54) is 0 Å². The Kier molecular flexibility index (Phi) is 8.34. The van der Waals surface area contributed by atoms with Gasteiger partial charge in [0.2, 0.25) is 11.0 Å². The first kappa shape index (κ1) is 28.7. The summed E-state index contributed by atoms with van der Waals surface area (Å²) in [6.45, 7) is 3.26. The van der Waals surface area contributed by atoms with Crippen molar-refractivity contribution in [1.82, 2.24) is 0 Å². The highest BCUT2D eigenvalue weighted by Gasteiger charge is 2.43. The Morgan fingerprint density at radius 3 is 1.39 bits per heavy atom. The van der Waals surface area contributed by atoms with Gasteiger partial charge in [0.25, 0.3) is 0 Å². The zero-order valence-electron chi connectivity index (χ0n) is 21.1. The molecule has 5 rings (SSSR count). The van der Waals surface area contributed by atoms with Gasteiger partial charge in [-0.3, -0.25) is 0 Å². The SMILES string of the molecule is C[C@@H]1O[C@@H](Nc2ccc3cc4ccc(N[C@@H]5O[C@@H](C)[C@H](O)[C@@H](O)[C@H]5O)cc4[n+](C)c3c2)[C@H](O)[C@H](O)[C@H]1O.[Cl-]. The van der Waals surface area contributed by atoms with Crippen LogP contribution in [0.5, 0.6) is 0 Å². The number of halogens is 1. The van der Waals surface area contributed by atoms with Crippen LogP contribution in [0.15, 0.2) is 42.5 Å². The van der Waals surface area contributed by atoms with Crippen LogP contribution in [0.2, 0.25) is 0 Å². The van der Waals surface area contributed by atoms with Crippen molar-refractivity contribution in [1.29, 1.82) is 0 Å². The smallest absolute Gasteiger partial charge is 0.214 e. The standard InChI is InChI=1S/C26H33N3O8.ClH/c1-11-19(30)21(32)23(34)25(36-11)27-15-6-4-13-8-14-5-7-16(10-18(14)29(3)17(13)9-15)28-26-24(35)22(33)20(31)12(2)37-26;/h4-12,19-26,30-35H,1-3H3,(H,27,28);1H/t11-,12-,19-,20-,21+,22+,23+,24+,25+,26+;/m0./s1. The van der Waals surface area contributed by atoms with E-state index in [-0.39, 0.29) is 12.4 Å². The molecule has 0 spiro atoms. The molecule has 2 fully saturated rings. The van der Waals surface area contributed by atoms with E-state index in [1.807, 2.05) is 54.1 Å². The lowest BCUT2D eigenvalue weighted by Gasteiger charge is -2.39. The Morgan fingerprint density at radius 1 is 0.605 bits per heavy atom. The van der Waals surface area contributed by atoms with Crippen molar-refractivity contribution in [3.63, 3.8) is 0 Å². The summed E-state index contributed by atoms with van der Waals surface area (Å²) in [5.74, 6) is 0. The summed E-state index contributed by atoms with van der Waals surface area (Å²) >= 11 is 0. The molecule has 0 bridgehead atoms. The van der Waals surface area contributed by atoms with Gasteiger partial charge in [0, 0.05) is 34.3 Å². The average Bonchev–Trinajstić information content (AvgIpc) is 2.88. The molecule has 2 saturated heterocycles. The third kappa shape index (κ3) is 5.14. The lowest BCUT2D eigenvalue weighted by molar-refractivity contribution is -0.617. The lowest BCUT2D eigenvalue weighted by Crippen LogP contribution is -3.00. The van der Waals surface area contributed by atoms with E-state index in [0.29, 0.717) is 11.4 Å². The van der Waals surface area contributed by atoms with Gasteiger partial charge in [-0.1, -0.05) is 0 Å². The molecule has 208 valence electrons. The van der Waals surface area contributed by atoms with Crippen molar-refractivity contribution in [2.75, 3.05) is 10.6 Å². The summed E-state index contributed by atoms with van der Waals surface area (Å²) in [6.07, 6.45) is -10.7. The van der Waals surface area contributed by atoms with Gasteiger partial charge in [-0.2, -0.15) is 4.57 Å². The zero-order valence-corrected chi connectivity index (χ0v) is 21.9. The third-order valence-electron chi connectivity index (χ3n) is 7.42. The first-order valence-corrected chi connectivity index (χ1v) is 12.3. The number of anilines is 2. The molecule has 3 heterocycles. The number of ether oxygens (including phenoxy) is 2. The number of aliphatic hydroxyl groups excluding tert-OH is 6. The van der Waals surface area contributed by atoms with Gasteiger partial charge in [-0.05, 0) is 44.2 Å². The number of nitrogens with one attached hydrogen (secondary N) is 2. The second-order valence-corrected chi connectivity index (χ2v) is 10.0. The summed E-state index contributed by atoms with van der Waals surface area (Å²) in [6, 6.07) is 13.4. The minimum Gasteiger partial charge on any atom is -1.00 e. The van der Waals surface area contributed by atoms with E-state index in [4.69, 9.17) is 9.47 Å². The van der Waals surface area contributed by atoms with Crippen LogP contribution in [-0.2, 0) is 16.5 Å². The molecule has 3 aromatic rings. The summed E-state index contributed by atoms with van der Waals surface area (Å²) in [5.41, 5.74) is 3.10. The van der Waals surface area contributed by atoms with Gasteiger partial charge in [0.05, 0.1) is 12.2 Å². The van der Waals surface area contributed by atoms with Crippen molar-refractivity contribution in [3.05, 3.63) is 42.5 Å². The average molecular weight is 552 g/mol. The van der Waals surface area contributed by atoms with Crippen LogP contribution in [-0.4, -0.2) is 91.9 Å². The third-order valence-corrected chi connectivity index (χ3v) is 7.42. The highest BCUT2D eigenvalue weighted by molar-refractivity contribution is 5.91. The van der Waals surface area contributed by atoms with Crippen LogP contribution in [0.3, 0.4) is 0 Å². The predicted molar refractivity (Wildman–Crippen MR) is 135 cm³/mol. The van der Waals surface area contributed by atoms with Crippen molar-refractivity contribution >= 4 is 33.2 Å². The van der Waals surface area contributed by atoms with Gasteiger partial charge in [-0.25, -0.2) is 0 Å². The molecule has 8 N–H and O–H groups in total. The number of aromatic nitrogens is 1. The highest BCUT2D eigenvalue weighted by Crippen LogP contribution is 2.28. The predicted octanol–water partition coefficient (Wildman–Crippen LogP) is -3.70. The second kappa shape index (κ2) is 11.0. The number of pyridine rings is 1. The van der Waals surface area contributed by atoms with Crippen LogP contribution in [0.4, 0.5) is 11.4 Å². The molecule has 11 nitrogen and oxygen atoms in total. The number of fused-ring (bicyclic) bond motifs is 2. The van der Waals surface area contributed by atoms with Crippen molar-refractivity contribution in [2.45, 2.75) is 75.1 Å².